The summed E-state index contributed by atoms with van der Waals surface area (Å²) in [7, 11) is 1.74. The molecule has 1 aromatic carbocycles. The maximum Gasteiger partial charge on any atom is 0.253 e. The molecule has 0 radical (unpaired) electrons. The summed E-state index contributed by atoms with van der Waals surface area (Å²) in [5, 5.41) is 8.71. The van der Waals surface area contributed by atoms with Gasteiger partial charge in [0.05, 0.1) is 0 Å². The van der Waals surface area contributed by atoms with Crippen LogP contribution in [-0.2, 0) is 6.42 Å². The van der Waals surface area contributed by atoms with Crippen molar-refractivity contribution in [1.82, 2.24) is 4.90 Å². The number of nitrogens with two attached hydrogens (primary N) is 1. The second-order valence-electron chi connectivity index (χ2n) is 4.04. The highest BCUT2D eigenvalue weighted by molar-refractivity contribution is 5.94. The van der Waals surface area contributed by atoms with Gasteiger partial charge in [0.25, 0.3) is 5.91 Å². The SMILES string of the molecule is CN(CCCO)C(=O)c1ccc(CCN)cc1. The first kappa shape index (κ1) is 13.7. The third-order valence-corrected chi connectivity index (χ3v) is 2.63. The minimum atomic E-state index is -0.0160. The molecule has 1 rings (SSSR count). The number of carbonyl (C=O) groups excluding carboxylic acids is 1. The van der Waals surface area contributed by atoms with Crippen molar-refractivity contribution < 1.29 is 9.90 Å². The van der Waals surface area contributed by atoms with Gasteiger partial charge in [-0.2, -0.15) is 0 Å². The highest BCUT2D eigenvalue weighted by Gasteiger charge is 2.10. The molecule has 0 fully saturated rings. The van der Waals surface area contributed by atoms with Gasteiger partial charge in [-0.1, -0.05) is 12.1 Å². The second-order valence-corrected chi connectivity index (χ2v) is 4.04. The summed E-state index contributed by atoms with van der Waals surface area (Å²) < 4.78 is 0. The van der Waals surface area contributed by atoms with E-state index < -0.39 is 0 Å². The van der Waals surface area contributed by atoms with Crippen molar-refractivity contribution in [3.05, 3.63) is 35.4 Å². The molecule has 0 saturated carbocycles. The lowest BCUT2D eigenvalue weighted by atomic mass is 10.1. The molecule has 0 unspecified atom stereocenters. The van der Waals surface area contributed by atoms with Gasteiger partial charge in [-0.25, -0.2) is 0 Å². The van der Waals surface area contributed by atoms with E-state index in [9.17, 15) is 4.79 Å². The Kier molecular flexibility index (Phi) is 5.66. The molecule has 0 saturated heterocycles. The van der Waals surface area contributed by atoms with Crippen molar-refractivity contribution in [3.8, 4) is 0 Å². The van der Waals surface area contributed by atoms with Crippen molar-refractivity contribution in [3.63, 3.8) is 0 Å². The van der Waals surface area contributed by atoms with Crippen LogP contribution in [0.3, 0.4) is 0 Å². The van der Waals surface area contributed by atoms with Crippen LogP contribution in [-0.4, -0.2) is 42.7 Å². The van der Waals surface area contributed by atoms with Crippen LogP contribution in [0.15, 0.2) is 24.3 Å². The van der Waals surface area contributed by atoms with E-state index in [-0.39, 0.29) is 12.5 Å². The maximum atomic E-state index is 11.9. The number of rotatable bonds is 6. The molecule has 0 bridgehead atoms. The summed E-state index contributed by atoms with van der Waals surface area (Å²) in [5.41, 5.74) is 7.28. The van der Waals surface area contributed by atoms with Crippen LogP contribution in [0.5, 0.6) is 0 Å². The average molecular weight is 236 g/mol. The molecule has 1 aromatic rings. The van der Waals surface area contributed by atoms with E-state index in [1.54, 1.807) is 11.9 Å². The largest absolute Gasteiger partial charge is 0.396 e. The normalized spacial score (nSPS) is 10.3. The molecule has 4 heteroatoms. The zero-order valence-corrected chi connectivity index (χ0v) is 10.2. The first-order valence-electron chi connectivity index (χ1n) is 5.84. The first-order chi connectivity index (χ1) is 8.19. The van der Waals surface area contributed by atoms with Crippen LogP contribution in [0.4, 0.5) is 0 Å². The summed E-state index contributed by atoms with van der Waals surface area (Å²) in [6.45, 7) is 1.29. The Balaban J connectivity index is 2.62. The van der Waals surface area contributed by atoms with Crippen molar-refractivity contribution >= 4 is 5.91 Å². The van der Waals surface area contributed by atoms with E-state index >= 15 is 0 Å². The van der Waals surface area contributed by atoms with E-state index in [1.807, 2.05) is 24.3 Å². The van der Waals surface area contributed by atoms with Crippen molar-refractivity contribution in [2.24, 2.45) is 5.73 Å². The predicted molar refractivity (Wildman–Crippen MR) is 67.9 cm³/mol. The fourth-order valence-corrected chi connectivity index (χ4v) is 1.61. The van der Waals surface area contributed by atoms with Crippen molar-refractivity contribution in [2.45, 2.75) is 12.8 Å². The Hall–Kier alpha value is -1.39. The lowest BCUT2D eigenvalue weighted by molar-refractivity contribution is 0.0786. The Morgan fingerprint density at radius 2 is 2.00 bits per heavy atom. The lowest BCUT2D eigenvalue weighted by Crippen LogP contribution is -2.28. The van der Waals surface area contributed by atoms with Crippen molar-refractivity contribution in [1.29, 1.82) is 0 Å². The lowest BCUT2D eigenvalue weighted by Gasteiger charge is -2.16. The first-order valence-corrected chi connectivity index (χ1v) is 5.84. The molecule has 0 aliphatic carbocycles. The van der Waals surface area contributed by atoms with Crippen LogP contribution in [0.25, 0.3) is 0 Å². The molecule has 4 nitrogen and oxygen atoms in total. The molecule has 0 aromatic heterocycles. The summed E-state index contributed by atoms with van der Waals surface area (Å²) in [5.74, 6) is -0.0160. The summed E-state index contributed by atoms with van der Waals surface area (Å²) in [4.78, 5) is 13.6. The van der Waals surface area contributed by atoms with Crippen LogP contribution in [0, 0.1) is 0 Å². The number of benzene rings is 1. The van der Waals surface area contributed by atoms with E-state index in [1.165, 1.54) is 0 Å². The van der Waals surface area contributed by atoms with E-state index in [0.717, 1.165) is 12.0 Å². The molecule has 94 valence electrons. The van der Waals surface area contributed by atoms with E-state index in [2.05, 4.69) is 0 Å². The number of aliphatic hydroxyl groups is 1. The number of carbonyl (C=O) groups is 1. The fourth-order valence-electron chi connectivity index (χ4n) is 1.61. The number of amides is 1. The summed E-state index contributed by atoms with van der Waals surface area (Å²) in [6.07, 6.45) is 1.43. The molecule has 0 spiro atoms. The quantitative estimate of drug-likeness (QED) is 0.762. The zero-order chi connectivity index (χ0) is 12.7. The minimum absolute atomic E-state index is 0.0160. The van der Waals surface area contributed by atoms with Gasteiger partial charge in [-0.05, 0) is 37.1 Å². The molecule has 0 heterocycles. The highest BCUT2D eigenvalue weighted by Crippen LogP contribution is 2.07. The molecule has 0 aliphatic heterocycles. The summed E-state index contributed by atoms with van der Waals surface area (Å²) >= 11 is 0. The van der Waals surface area contributed by atoms with Crippen LogP contribution in [0.1, 0.15) is 22.3 Å². The highest BCUT2D eigenvalue weighted by atomic mass is 16.3. The molecular formula is C13H20N2O2. The molecule has 0 atom stereocenters. The Morgan fingerprint density at radius 3 is 2.53 bits per heavy atom. The van der Waals surface area contributed by atoms with Crippen molar-refractivity contribution in [2.75, 3.05) is 26.7 Å². The number of hydrogen-bond acceptors (Lipinski definition) is 3. The molecule has 0 aliphatic rings. The molecule has 3 N–H and O–H groups in total. The fraction of sp³-hybridized carbons (Fsp3) is 0.462. The third kappa shape index (κ3) is 4.17. The van der Waals surface area contributed by atoms with Gasteiger partial charge in [-0.15, -0.1) is 0 Å². The van der Waals surface area contributed by atoms with Gasteiger partial charge in [-0.3, -0.25) is 4.79 Å². The monoisotopic (exact) mass is 236 g/mol. The topological polar surface area (TPSA) is 66.6 Å². The minimum Gasteiger partial charge on any atom is -0.396 e. The second kappa shape index (κ2) is 7.04. The van der Waals surface area contributed by atoms with Gasteiger partial charge in [0.15, 0.2) is 0 Å². The summed E-state index contributed by atoms with van der Waals surface area (Å²) in [6, 6.07) is 7.51. The molecular weight excluding hydrogens is 216 g/mol. The zero-order valence-electron chi connectivity index (χ0n) is 10.2. The Morgan fingerprint density at radius 1 is 1.35 bits per heavy atom. The van der Waals surface area contributed by atoms with Crippen LogP contribution in [0.2, 0.25) is 0 Å². The van der Waals surface area contributed by atoms with Gasteiger partial charge in [0, 0.05) is 25.8 Å². The molecule has 17 heavy (non-hydrogen) atoms. The van der Waals surface area contributed by atoms with Crippen LogP contribution >= 0.6 is 0 Å². The maximum absolute atomic E-state index is 11.9. The van der Waals surface area contributed by atoms with Gasteiger partial charge >= 0.3 is 0 Å². The predicted octanol–water partition coefficient (Wildman–Crippen LogP) is 0.642. The standard InChI is InChI=1S/C13H20N2O2/c1-15(9-2-10-16)13(17)12-5-3-11(4-6-12)7-8-14/h3-6,16H,2,7-10,14H2,1H3. The van der Waals surface area contributed by atoms with Gasteiger partial charge in [0.1, 0.15) is 0 Å². The number of aliphatic hydroxyl groups excluding tert-OH is 1. The number of hydrogen-bond donors (Lipinski definition) is 2. The molecule has 1 amide bonds. The Bertz CT molecular complexity index is 349. The number of nitrogens with zero attached hydrogens (tertiary/aromatic N) is 1. The smallest absolute Gasteiger partial charge is 0.253 e. The van der Waals surface area contributed by atoms with Gasteiger partial charge < -0.3 is 15.7 Å². The van der Waals surface area contributed by atoms with Crippen LogP contribution < -0.4 is 5.73 Å². The van der Waals surface area contributed by atoms with Gasteiger partial charge in [0.2, 0.25) is 0 Å². The third-order valence-electron chi connectivity index (χ3n) is 2.63. The van der Waals surface area contributed by atoms with E-state index in [4.69, 9.17) is 10.8 Å². The Labute approximate surface area is 102 Å². The average Bonchev–Trinajstić information content (AvgIpc) is 2.36. The van der Waals surface area contributed by atoms with E-state index in [0.29, 0.717) is 25.1 Å².